The summed E-state index contributed by atoms with van der Waals surface area (Å²) in [5, 5.41) is 25.9. The number of hydrogen-bond acceptors (Lipinski definition) is 9. The highest BCUT2D eigenvalue weighted by Crippen LogP contribution is 2.40. The first-order valence-corrected chi connectivity index (χ1v) is 11.2. The summed E-state index contributed by atoms with van der Waals surface area (Å²) in [6.45, 7) is 1.54. The maximum atomic E-state index is 14.7. The monoisotopic (exact) mass is 490 g/mol. The van der Waals surface area contributed by atoms with Crippen molar-refractivity contribution >= 4 is 29.0 Å². The number of hydrogen-bond donors (Lipinski definition) is 1. The SMILES string of the molecule is C[C@@H](Sc1nc(-c2cccc([N+](=O)[O-])c2)ns1)[C@](O)(Cn1cncn1)c1ccc(F)cc1F. The minimum absolute atomic E-state index is 0.0844. The van der Waals surface area contributed by atoms with E-state index in [1.54, 1.807) is 13.0 Å². The van der Waals surface area contributed by atoms with Crippen molar-refractivity contribution in [2.75, 3.05) is 0 Å². The summed E-state index contributed by atoms with van der Waals surface area (Å²) in [7, 11) is 0. The van der Waals surface area contributed by atoms with Gasteiger partial charge in [-0.05, 0) is 24.5 Å². The van der Waals surface area contributed by atoms with Crippen LogP contribution < -0.4 is 0 Å². The lowest BCUT2D eigenvalue weighted by atomic mass is 9.90. The Hall–Kier alpha value is -3.29. The normalized spacial score (nSPS) is 14.1. The highest BCUT2D eigenvalue weighted by Gasteiger charge is 2.40. The highest BCUT2D eigenvalue weighted by molar-refractivity contribution is 8.01. The van der Waals surface area contributed by atoms with E-state index in [1.165, 1.54) is 41.6 Å². The van der Waals surface area contributed by atoms with E-state index in [9.17, 15) is 24.0 Å². The Morgan fingerprint density at radius 3 is 2.82 bits per heavy atom. The first-order valence-electron chi connectivity index (χ1n) is 9.52. The average Bonchev–Trinajstić information content (AvgIpc) is 3.46. The second-order valence-corrected chi connectivity index (χ2v) is 9.43. The summed E-state index contributed by atoms with van der Waals surface area (Å²) in [5.41, 5.74) is -1.50. The van der Waals surface area contributed by atoms with Crippen molar-refractivity contribution in [3.05, 3.63) is 82.4 Å². The summed E-state index contributed by atoms with van der Waals surface area (Å²) in [5.74, 6) is -1.35. The first kappa shape index (κ1) is 22.9. The number of thioether (sulfide) groups is 1. The van der Waals surface area contributed by atoms with Crippen LogP contribution in [0.2, 0.25) is 0 Å². The van der Waals surface area contributed by atoms with Gasteiger partial charge in [0.25, 0.3) is 5.69 Å². The molecule has 0 saturated heterocycles. The molecule has 0 bridgehead atoms. The van der Waals surface area contributed by atoms with Gasteiger partial charge in [0, 0.05) is 34.6 Å². The van der Waals surface area contributed by atoms with Crippen LogP contribution in [-0.4, -0.2) is 39.4 Å². The summed E-state index contributed by atoms with van der Waals surface area (Å²) in [4.78, 5) is 18.8. The summed E-state index contributed by atoms with van der Waals surface area (Å²) < 4.78 is 34.2. The molecule has 1 N–H and O–H groups in total. The molecule has 4 aromatic rings. The fourth-order valence-electron chi connectivity index (χ4n) is 3.22. The second kappa shape index (κ2) is 9.29. The number of nitro groups is 1. The van der Waals surface area contributed by atoms with E-state index < -0.39 is 27.4 Å². The molecule has 170 valence electrons. The molecule has 0 saturated carbocycles. The molecule has 2 heterocycles. The minimum Gasteiger partial charge on any atom is -0.382 e. The lowest BCUT2D eigenvalue weighted by molar-refractivity contribution is -0.384. The molecule has 0 aliphatic rings. The summed E-state index contributed by atoms with van der Waals surface area (Å²) >= 11 is 2.19. The van der Waals surface area contributed by atoms with E-state index in [0.29, 0.717) is 21.8 Å². The molecule has 13 heteroatoms. The van der Waals surface area contributed by atoms with Crippen molar-refractivity contribution < 1.29 is 18.8 Å². The molecule has 9 nitrogen and oxygen atoms in total. The van der Waals surface area contributed by atoms with Gasteiger partial charge in [0.05, 0.1) is 11.5 Å². The molecule has 0 aliphatic heterocycles. The Labute approximate surface area is 194 Å². The molecule has 4 rings (SSSR count). The van der Waals surface area contributed by atoms with Crippen LogP contribution in [-0.2, 0) is 12.1 Å². The Bertz CT molecular complexity index is 1290. The van der Waals surface area contributed by atoms with Crippen LogP contribution in [0.1, 0.15) is 12.5 Å². The topological polar surface area (TPSA) is 120 Å². The smallest absolute Gasteiger partial charge is 0.270 e. The maximum Gasteiger partial charge on any atom is 0.270 e. The third-order valence-corrected chi connectivity index (χ3v) is 7.00. The predicted molar refractivity (Wildman–Crippen MR) is 118 cm³/mol. The van der Waals surface area contributed by atoms with E-state index in [0.717, 1.165) is 29.4 Å². The van der Waals surface area contributed by atoms with Gasteiger partial charge in [-0.2, -0.15) is 9.47 Å². The Kier molecular flexibility index (Phi) is 6.44. The zero-order valence-corrected chi connectivity index (χ0v) is 18.6. The fraction of sp³-hybridized carbons (Fsp3) is 0.200. The van der Waals surface area contributed by atoms with Crippen molar-refractivity contribution in [1.82, 2.24) is 24.1 Å². The Balaban J connectivity index is 1.63. The molecular formula is C20H16F2N6O3S2. The van der Waals surface area contributed by atoms with Crippen LogP contribution >= 0.6 is 23.3 Å². The third kappa shape index (κ3) is 4.89. The molecule has 0 spiro atoms. The van der Waals surface area contributed by atoms with Crippen LogP contribution in [0.3, 0.4) is 0 Å². The standard InChI is InChI=1S/C20H16F2N6O3S2/c1-12(32-19-25-18(26-33-19)13-3-2-4-15(7-13)28(30)31)20(29,9-27-11-23-10-24-27)16-6-5-14(21)8-17(16)22/h2-8,10-12,29H,9H2,1H3/t12-,20-/m1/s1. The lowest BCUT2D eigenvalue weighted by Gasteiger charge is -2.33. The van der Waals surface area contributed by atoms with Crippen LogP contribution in [0.5, 0.6) is 0 Å². The van der Waals surface area contributed by atoms with E-state index >= 15 is 0 Å². The largest absolute Gasteiger partial charge is 0.382 e. The second-order valence-electron chi connectivity index (χ2n) is 7.09. The zero-order chi connectivity index (χ0) is 23.6. The van der Waals surface area contributed by atoms with Gasteiger partial charge in [-0.3, -0.25) is 10.1 Å². The number of benzene rings is 2. The van der Waals surface area contributed by atoms with E-state index in [4.69, 9.17) is 0 Å². The lowest BCUT2D eigenvalue weighted by Crippen LogP contribution is -2.41. The van der Waals surface area contributed by atoms with Crippen LogP contribution in [0.15, 0.2) is 59.5 Å². The summed E-state index contributed by atoms with van der Waals surface area (Å²) in [6, 6.07) is 8.93. The van der Waals surface area contributed by atoms with Crippen LogP contribution in [0.4, 0.5) is 14.5 Å². The molecular weight excluding hydrogens is 474 g/mol. The van der Waals surface area contributed by atoms with Gasteiger partial charge in [0.1, 0.15) is 29.9 Å². The average molecular weight is 491 g/mol. The molecule has 0 fully saturated rings. The first-order chi connectivity index (χ1) is 15.8. The maximum absolute atomic E-state index is 14.7. The molecule has 2 aromatic heterocycles. The number of aliphatic hydroxyl groups is 1. The van der Waals surface area contributed by atoms with E-state index in [-0.39, 0.29) is 17.8 Å². The molecule has 2 aromatic carbocycles. The van der Waals surface area contributed by atoms with Crippen molar-refractivity contribution in [3.8, 4) is 11.4 Å². The number of rotatable bonds is 8. The minimum atomic E-state index is -1.80. The van der Waals surface area contributed by atoms with E-state index in [1.807, 2.05) is 0 Å². The molecule has 33 heavy (non-hydrogen) atoms. The number of halogens is 2. The summed E-state index contributed by atoms with van der Waals surface area (Å²) in [6.07, 6.45) is 2.67. The Morgan fingerprint density at radius 2 is 2.12 bits per heavy atom. The van der Waals surface area contributed by atoms with Crippen LogP contribution in [0, 0.1) is 21.7 Å². The van der Waals surface area contributed by atoms with Gasteiger partial charge in [0.15, 0.2) is 10.2 Å². The van der Waals surface area contributed by atoms with Gasteiger partial charge in [-0.15, -0.1) is 0 Å². The number of nitro benzene ring substituents is 1. The van der Waals surface area contributed by atoms with E-state index in [2.05, 4.69) is 19.4 Å². The van der Waals surface area contributed by atoms with Crippen molar-refractivity contribution in [3.63, 3.8) is 0 Å². The van der Waals surface area contributed by atoms with Gasteiger partial charge in [0.2, 0.25) is 0 Å². The van der Waals surface area contributed by atoms with Gasteiger partial charge in [-0.25, -0.2) is 23.4 Å². The van der Waals surface area contributed by atoms with Gasteiger partial charge < -0.3 is 5.11 Å². The van der Waals surface area contributed by atoms with Crippen molar-refractivity contribution in [1.29, 1.82) is 0 Å². The fourth-order valence-corrected chi connectivity index (χ4v) is 5.21. The Morgan fingerprint density at radius 1 is 1.30 bits per heavy atom. The molecule has 0 radical (unpaired) electrons. The third-order valence-electron chi connectivity index (χ3n) is 4.94. The van der Waals surface area contributed by atoms with Gasteiger partial charge >= 0.3 is 0 Å². The van der Waals surface area contributed by atoms with Crippen molar-refractivity contribution in [2.45, 2.75) is 28.7 Å². The number of aromatic nitrogens is 5. The zero-order valence-electron chi connectivity index (χ0n) is 17.0. The number of nitrogens with zero attached hydrogens (tertiary/aromatic N) is 6. The predicted octanol–water partition coefficient (Wildman–Crippen LogP) is 4.05. The highest BCUT2D eigenvalue weighted by atomic mass is 32.2. The molecule has 0 amide bonds. The molecule has 2 atom stereocenters. The number of non-ortho nitro benzene ring substituents is 1. The van der Waals surface area contributed by atoms with Crippen LogP contribution in [0.25, 0.3) is 11.4 Å². The van der Waals surface area contributed by atoms with Gasteiger partial charge in [-0.1, -0.05) is 30.0 Å². The van der Waals surface area contributed by atoms with Crippen molar-refractivity contribution in [2.24, 2.45) is 0 Å². The molecule has 0 unspecified atom stereocenters. The quantitative estimate of drug-likeness (QED) is 0.223. The molecule has 0 aliphatic carbocycles.